The Morgan fingerprint density at radius 2 is 2.06 bits per heavy atom. The zero-order valence-electron chi connectivity index (χ0n) is 17.9. The number of nitrogens with zero attached hydrogens (tertiary/aromatic N) is 4. The van der Waals surface area contributed by atoms with Crippen LogP contribution in [0.1, 0.15) is 22.7 Å². The number of aryl methyl sites for hydroxylation is 1. The number of thioether (sulfide) groups is 1. The molecule has 8 nitrogen and oxygen atoms in total. The molecule has 2 aromatic heterocycles. The van der Waals surface area contributed by atoms with Crippen molar-refractivity contribution in [3.8, 4) is 11.4 Å². The molecule has 1 amide bonds. The van der Waals surface area contributed by atoms with Crippen LogP contribution in [0.4, 0.5) is 0 Å². The number of halogens is 1. The number of hydrazone groups is 1. The maximum absolute atomic E-state index is 12.8. The number of rotatable bonds is 4. The second-order valence-electron chi connectivity index (χ2n) is 7.38. The first kappa shape index (κ1) is 21.3. The molecule has 33 heavy (non-hydrogen) atoms. The molecule has 0 fully saturated rings. The summed E-state index contributed by atoms with van der Waals surface area (Å²) in [6.07, 6.45) is 3.22. The molecule has 0 spiro atoms. The molecule has 0 saturated heterocycles. The monoisotopic (exact) mass is 479 g/mol. The van der Waals surface area contributed by atoms with Gasteiger partial charge in [0, 0.05) is 16.4 Å². The molecular weight excluding hydrogens is 462 g/mol. The number of fused-ring (bicyclic) bond motifs is 1. The van der Waals surface area contributed by atoms with Gasteiger partial charge in [-0.3, -0.25) is 10.2 Å². The lowest BCUT2D eigenvalue weighted by Gasteiger charge is -2.20. The summed E-state index contributed by atoms with van der Waals surface area (Å²) in [5, 5.41) is 15.9. The summed E-state index contributed by atoms with van der Waals surface area (Å²) in [7, 11) is 1.60. The summed E-state index contributed by atoms with van der Waals surface area (Å²) < 4.78 is 12.9. The van der Waals surface area contributed by atoms with E-state index in [1.165, 1.54) is 16.8 Å². The van der Waals surface area contributed by atoms with Crippen molar-refractivity contribution in [2.24, 2.45) is 10.1 Å². The third-order valence-corrected chi connectivity index (χ3v) is 6.50. The Labute approximate surface area is 198 Å². The van der Waals surface area contributed by atoms with Crippen molar-refractivity contribution >= 4 is 51.4 Å². The van der Waals surface area contributed by atoms with E-state index in [0.29, 0.717) is 26.7 Å². The molecule has 0 aliphatic carbocycles. The number of aromatic nitrogens is 1. The number of benzene rings is 1. The van der Waals surface area contributed by atoms with Gasteiger partial charge in [0.2, 0.25) is 5.17 Å². The van der Waals surface area contributed by atoms with Crippen molar-refractivity contribution in [2.45, 2.75) is 13.8 Å². The van der Waals surface area contributed by atoms with Gasteiger partial charge in [0.15, 0.2) is 16.6 Å². The Morgan fingerprint density at radius 3 is 2.79 bits per heavy atom. The summed E-state index contributed by atoms with van der Waals surface area (Å²) in [4.78, 5) is 17.0. The maximum Gasteiger partial charge on any atom is 0.283 e. The first-order chi connectivity index (χ1) is 15.9. The molecule has 4 heterocycles. The minimum atomic E-state index is -0.486. The number of carbonyl (C=O) groups excluding carboxylic acids is 1. The van der Waals surface area contributed by atoms with Gasteiger partial charge in [-0.2, -0.15) is 15.1 Å². The van der Waals surface area contributed by atoms with E-state index in [-0.39, 0.29) is 11.4 Å². The Bertz CT molecular complexity index is 1400. The predicted octanol–water partition coefficient (Wildman–Crippen LogP) is 5.02. The van der Waals surface area contributed by atoms with Crippen LogP contribution in [0, 0.1) is 19.3 Å². The third kappa shape index (κ3) is 3.59. The lowest BCUT2D eigenvalue weighted by molar-refractivity contribution is -0.114. The summed E-state index contributed by atoms with van der Waals surface area (Å²) in [6, 6.07) is 10.9. The van der Waals surface area contributed by atoms with E-state index in [2.05, 4.69) is 10.1 Å². The molecule has 2 aliphatic heterocycles. The van der Waals surface area contributed by atoms with E-state index in [0.717, 1.165) is 22.6 Å². The van der Waals surface area contributed by atoms with E-state index in [1.807, 2.05) is 36.6 Å². The smallest absolute Gasteiger partial charge is 0.283 e. The van der Waals surface area contributed by atoms with Gasteiger partial charge in [0.05, 0.1) is 24.6 Å². The average Bonchev–Trinajstić information content (AvgIpc) is 3.51. The highest BCUT2D eigenvalue weighted by atomic mass is 35.5. The van der Waals surface area contributed by atoms with Gasteiger partial charge < -0.3 is 13.7 Å². The van der Waals surface area contributed by atoms with E-state index in [1.54, 1.807) is 37.6 Å². The zero-order chi connectivity index (χ0) is 23.3. The molecule has 0 radical (unpaired) electrons. The Hall–Kier alpha value is -3.56. The van der Waals surface area contributed by atoms with Crippen LogP contribution in [0.25, 0.3) is 11.8 Å². The van der Waals surface area contributed by atoms with Crippen LogP contribution in [-0.2, 0) is 4.79 Å². The van der Waals surface area contributed by atoms with Crippen molar-refractivity contribution in [3.63, 3.8) is 0 Å². The summed E-state index contributed by atoms with van der Waals surface area (Å²) in [6.45, 7) is 3.89. The largest absolute Gasteiger partial charge is 0.495 e. The van der Waals surface area contributed by atoms with Crippen LogP contribution in [-0.4, -0.2) is 38.6 Å². The van der Waals surface area contributed by atoms with Crippen LogP contribution in [0.3, 0.4) is 0 Å². The van der Waals surface area contributed by atoms with Crippen molar-refractivity contribution < 1.29 is 13.9 Å². The fraction of sp³-hybridized carbons (Fsp3) is 0.130. The minimum Gasteiger partial charge on any atom is -0.495 e. The highest BCUT2D eigenvalue weighted by Crippen LogP contribution is 2.34. The van der Waals surface area contributed by atoms with Crippen LogP contribution in [0.2, 0.25) is 5.02 Å². The standard InChI is InChI=1S/C23H18ClN5O3S/c1-12-9-14(13(2)28(12)17-11-15(24)6-7-18(17)31-3)10-16-20(25)29-23(26-21(16)30)33-22(27-29)19-5-4-8-32-19/h4-11,25H,1-3H3. The number of hydrogen-bond acceptors (Lipinski definition) is 6. The highest BCUT2D eigenvalue weighted by Gasteiger charge is 2.37. The number of amides is 1. The lowest BCUT2D eigenvalue weighted by atomic mass is 10.1. The number of aliphatic imine (C=N–C) groups is 1. The van der Waals surface area contributed by atoms with Crippen LogP contribution in [0.15, 0.2) is 62.7 Å². The number of furan rings is 1. The molecule has 5 rings (SSSR count). The Kier molecular flexibility index (Phi) is 5.22. The van der Waals surface area contributed by atoms with Gasteiger partial charge in [-0.15, -0.1) is 0 Å². The van der Waals surface area contributed by atoms with Crippen molar-refractivity contribution in [1.82, 2.24) is 9.58 Å². The van der Waals surface area contributed by atoms with Crippen LogP contribution in [0.5, 0.6) is 5.75 Å². The number of hydrogen-bond donors (Lipinski definition) is 1. The molecule has 2 aliphatic rings. The zero-order valence-corrected chi connectivity index (χ0v) is 19.5. The maximum atomic E-state index is 12.8. The van der Waals surface area contributed by atoms with Gasteiger partial charge in [0.25, 0.3) is 5.91 Å². The molecule has 0 bridgehead atoms. The quantitative estimate of drug-likeness (QED) is 0.530. The van der Waals surface area contributed by atoms with Crippen molar-refractivity contribution in [2.75, 3.05) is 7.11 Å². The number of methoxy groups -OCH3 is 1. The normalized spacial score (nSPS) is 16.8. The average molecular weight is 480 g/mol. The third-order valence-electron chi connectivity index (χ3n) is 5.34. The molecule has 1 N–H and O–H groups in total. The topological polar surface area (TPSA) is 96.2 Å². The van der Waals surface area contributed by atoms with E-state index in [9.17, 15) is 4.79 Å². The number of ether oxygens (including phenoxy) is 1. The molecular formula is C23H18ClN5O3S. The van der Waals surface area contributed by atoms with Gasteiger partial charge in [-0.1, -0.05) is 11.6 Å². The SMILES string of the molecule is COc1ccc(Cl)cc1-n1c(C)cc(C=C2C(=N)N3N=C(c4ccco4)SC3=NC2=O)c1C. The molecule has 1 aromatic carbocycles. The molecule has 3 aromatic rings. The van der Waals surface area contributed by atoms with E-state index in [4.69, 9.17) is 26.2 Å². The second kappa shape index (κ2) is 8.09. The molecule has 166 valence electrons. The van der Waals surface area contributed by atoms with Gasteiger partial charge in [0.1, 0.15) is 5.75 Å². The summed E-state index contributed by atoms with van der Waals surface area (Å²) >= 11 is 7.43. The minimum absolute atomic E-state index is 0.0378. The van der Waals surface area contributed by atoms with E-state index >= 15 is 0 Å². The number of amidine groups is 2. The molecule has 0 atom stereocenters. The number of nitrogens with one attached hydrogen (secondary N) is 1. The Balaban J connectivity index is 1.55. The predicted molar refractivity (Wildman–Crippen MR) is 130 cm³/mol. The fourth-order valence-corrected chi connectivity index (χ4v) is 4.82. The number of carbonyl (C=O) groups is 1. The summed E-state index contributed by atoms with van der Waals surface area (Å²) in [5.41, 5.74) is 3.52. The first-order valence-electron chi connectivity index (χ1n) is 9.94. The van der Waals surface area contributed by atoms with E-state index < -0.39 is 5.91 Å². The lowest BCUT2D eigenvalue weighted by Crippen LogP contribution is -2.35. The first-order valence-corrected chi connectivity index (χ1v) is 11.1. The molecule has 0 unspecified atom stereocenters. The van der Waals surface area contributed by atoms with Gasteiger partial charge >= 0.3 is 0 Å². The van der Waals surface area contributed by atoms with Gasteiger partial charge in [-0.05, 0) is 73.6 Å². The van der Waals surface area contributed by atoms with Gasteiger partial charge in [-0.25, -0.2) is 0 Å². The van der Waals surface area contributed by atoms with Crippen LogP contribution >= 0.6 is 23.4 Å². The van der Waals surface area contributed by atoms with Crippen molar-refractivity contribution in [1.29, 1.82) is 5.41 Å². The molecule has 10 heteroatoms. The summed E-state index contributed by atoms with van der Waals surface area (Å²) in [5.74, 6) is 0.705. The van der Waals surface area contributed by atoms with Crippen molar-refractivity contribution in [3.05, 3.63) is 76.0 Å². The second-order valence-corrected chi connectivity index (χ2v) is 8.77. The van der Waals surface area contributed by atoms with Crippen LogP contribution < -0.4 is 4.74 Å². The highest BCUT2D eigenvalue weighted by molar-refractivity contribution is 8.27. The Morgan fingerprint density at radius 1 is 1.24 bits per heavy atom. The molecule has 0 saturated carbocycles. The fourth-order valence-electron chi connectivity index (χ4n) is 3.79.